The molecule has 0 unspecified atom stereocenters. The van der Waals surface area contributed by atoms with E-state index in [4.69, 9.17) is 23.2 Å². The molecular formula is C17H14Cl2NO5PS. The standard InChI is InChI=1S/C17H14Cl2NO5PS/c18-13-8-14(19)10-15(9-13)27(24,25)20(11-26(21,22)23)17-7-3-5-12-4-1-2-6-16(12)17/h1-10H,11H2,(H2,21,22,23). The van der Waals surface area contributed by atoms with Crippen molar-refractivity contribution in [3.8, 4) is 0 Å². The number of halogens is 2. The van der Waals surface area contributed by atoms with Crippen LogP contribution in [0.15, 0.2) is 65.6 Å². The Morgan fingerprint density at radius 3 is 2.15 bits per heavy atom. The van der Waals surface area contributed by atoms with Crippen molar-refractivity contribution < 1.29 is 22.8 Å². The fraction of sp³-hybridized carbons (Fsp3) is 0.0588. The van der Waals surface area contributed by atoms with Gasteiger partial charge in [0, 0.05) is 15.4 Å². The van der Waals surface area contributed by atoms with E-state index in [1.54, 1.807) is 36.4 Å². The molecule has 0 radical (unpaired) electrons. The molecule has 3 aromatic carbocycles. The van der Waals surface area contributed by atoms with Gasteiger partial charge < -0.3 is 9.79 Å². The molecular weight excluding hydrogens is 432 g/mol. The minimum atomic E-state index is -4.73. The first-order valence-electron chi connectivity index (χ1n) is 7.59. The lowest BCUT2D eigenvalue weighted by atomic mass is 10.1. The second-order valence-electron chi connectivity index (χ2n) is 5.76. The van der Waals surface area contributed by atoms with Crippen LogP contribution in [-0.2, 0) is 14.6 Å². The Morgan fingerprint density at radius 1 is 0.926 bits per heavy atom. The van der Waals surface area contributed by atoms with E-state index in [9.17, 15) is 22.8 Å². The van der Waals surface area contributed by atoms with E-state index in [2.05, 4.69) is 0 Å². The number of benzene rings is 3. The van der Waals surface area contributed by atoms with Crippen molar-refractivity contribution in [2.45, 2.75) is 4.90 Å². The van der Waals surface area contributed by atoms with Gasteiger partial charge in [-0.1, -0.05) is 59.6 Å². The molecule has 0 aliphatic heterocycles. The SMILES string of the molecule is O=P(O)(O)CN(c1cccc2ccccc12)S(=O)(=O)c1cc(Cl)cc(Cl)c1. The van der Waals surface area contributed by atoms with E-state index >= 15 is 0 Å². The molecule has 0 bridgehead atoms. The van der Waals surface area contributed by atoms with Gasteiger partial charge in [-0.15, -0.1) is 0 Å². The maximum absolute atomic E-state index is 13.2. The van der Waals surface area contributed by atoms with Crippen LogP contribution in [0.1, 0.15) is 0 Å². The third-order valence-electron chi connectivity index (χ3n) is 3.77. The van der Waals surface area contributed by atoms with Gasteiger partial charge in [0.05, 0.1) is 10.6 Å². The van der Waals surface area contributed by atoms with E-state index < -0.39 is 23.9 Å². The molecule has 27 heavy (non-hydrogen) atoms. The summed E-state index contributed by atoms with van der Waals surface area (Å²) in [5.41, 5.74) is 0.146. The number of rotatable bonds is 5. The Labute approximate surface area is 166 Å². The minimum absolute atomic E-state index is 0.0927. The van der Waals surface area contributed by atoms with Crippen LogP contribution in [0, 0.1) is 0 Å². The minimum Gasteiger partial charge on any atom is -0.323 e. The number of sulfonamides is 1. The first kappa shape index (κ1) is 20.1. The molecule has 0 aliphatic rings. The molecule has 142 valence electrons. The molecule has 6 nitrogen and oxygen atoms in total. The van der Waals surface area contributed by atoms with Crippen molar-refractivity contribution in [3.05, 3.63) is 70.7 Å². The fourth-order valence-electron chi connectivity index (χ4n) is 2.68. The van der Waals surface area contributed by atoms with Crippen LogP contribution >= 0.6 is 30.8 Å². The first-order valence-corrected chi connectivity index (χ1v) is 11.6. The summed E-state index contributed by atoms with van der Waals surface area (Å²) >= 11 is 11.8. The Hall–Kier alpha value is -1.60. The van der Waals surface area contributed by atoms with Crippen LogP contribution in [0.2, 0.25) is 10.0 Å². The van der Waals surface area contributed by atoms with Crippen LogP contribution in [0.25, 0.3) is 10.8 Å². The average Bonchev–Trinajstić information content (AvgIpc) is 2.57. The normalized spacial score (nSPS) is 12.3. The molecule has 0 atom stereocenters. The molecule has 10 heteroatoms. The monoisotopic (exact) mass is 445 g/mol. The molecule has 0 aromatic heterocycles. The van der Waals surface area contributed by atoms with E-state index in [-0.39, 0.29) is 20.6 Å². The van der Waals surface area contributed by atoms with E-state index in [0.717, 1.165) is 5.39 Å². The van der Waals surface area contributed by atoms with E-state index in [1.165, 1.54) is 24.3 Å². The highest BCUT2D eigenvalue weighted by Crippen LogP contribution is 2.41. The number of hydrogen-bond acceptors (Lipinski definition) is 3. The van der Waals surface area contributed by atoms with Crippen molar-refractivity contribution in [1.82, 2.24) is 0 Å². The second-order valence-corrected chi connectivity index (χ2v) is 10.1. The van der Waals surface area contributed by atoms with Crippen LogP contribution in [-0.4, -0.2) is 24.5 Å². The molecule has 0 aliphatic carbocycles. The van der Waals surface area contributed by atoms with Gasteiger partial charge in [0.2, 0.25) is 0 Å². The van der Waals surface area contributed by atoms with Gasteiger partial charge in [-0.05, 0) is 29.7 Å². The number of nitrogens with zero attached hydrogens (tertiary/aromatic N) is 1. The Kier molecular flexibility index (Phi) is 5.54. The summed E-state index contributed by atoms with van der Waals surface area (Å²) < 4.78 is 38.8. The lowest BCUT2D eigenvalue weighted by molar-refractivity contribution is 0.373. The Morgan fingerprint density at radius 2 is 1.52 bits per heavy atom. The van der Waals surface area contributed by atoms with Crippen LogP contribution in [0.4, 0.5) is 5.69 Å². The summed E-state index contributed by atoms with van der Waals surface area (Å²) in [6.07, 6.45) is -1.02. The maximum atomic E-state index is 13.2. The zero-order valence-electron chi connectivity index (χ0n) is 13.7. The summed E-state index contributed by atoms with van der Waals surface area (Å²) in [6.45, 7) is 0. The van der Waals surface area contributed by atoms with Crippen LogP contribution in [0.3, 0.4) is 0 Å². The van der Waals surface area contributed by atoms with Crippen molar-refractivity contribution >= 4 is 57.3 Å². The molecule has 0 spiro atoms. The van der Waals surface area contributed by atoms with Gasteiger partial charge in [-0.3, -0.25) is 8.87 Å². The molecule has 0 heterocycles. The Bertz CT molecular complexity index is 1140. The zero-order valence-corrected chi connectivity index (χ0v) is 16.9. The third kappa shape index (κ3) is 4.46. The summed E-state index contributed by atoms with van der Waals surface area (Å²) in [5.74, 6) is 0. The van der Waals surface area contributed by atoms with Crippen molar-refractivity contribution in [1.29, 1.82) is 0 Å². The molecule has 0 saturated carbocycles. The highest BCUT2D eigenvalue weighted by Gasteiger charge is 2.32. The van der Waals surface area contributed by atoms with E-state index in [0.29, 0.717) is 9.69 Å². The lowest BCUT2D eigenvalue weighted by Gasteiger charge is -2.26. The smallest absolute Gasteiger partial charge is 0.323 e. The maximum Gasteiger partial charge on any atom is 0.345 e. The molecule has 0 amide bonds. The van der Waals surface area contributed by atoms with Crippen molar-refractivity contribution in [3.63, 3.8) is 0 Å². The lowest BCUT2D eigenvalue weighted by Crippen LogP contribution is -2.32. The average molecular weight is 446 g/mol. The first-order chi connectivity index (χ1) is 12.6. The number of anilines is 1. The van der Waals surface area contributed by atoms with E-state index in [1.807, 2.05) is 0 Å². The quantitative estimate of drug-likeness (QED) is 0.564. The highest BCUT2D eigenvalue weighted by molar-refractivity contribution is 7.93. The molecule has 0 fully saturated rings. The number of fused-ring (bicyclic) bond motifs is 1. The molecule has 3 aromatic rings. The van der Waals surface area contributed by atoms with Crippen molar-refractivity contribution in [2.75, 3.05) is 10.6 Å². The van der Waals surface area contributed by atoms with Gasteiger partial charge in [0.15, 0.2) is 0 Å². The summed E-state index contributed by atoms with van der Waals surface area (Å²) in [5, 5.41) is 1.44. The summed E-state index contributed by atoms with van der Waals surface area (Å²) in [7, 11) is -9.08. The molecule has 3 rings (SSSR count). The topological polar surface area (TPSA) is 94.9 Å². The van der Waals surface area contributed by atoms with Gasteiger partial charge in [-0.25, -0.2) is 8.42 Å². The fourth-order valence-corrected chi connectivity index (χ4v) is 6.11. The molecule has 2 N–H and O–H groups in total. The van der Waals surface area contributed by atoms with Gasteiger partial charge in [0.1, 0.15) is 6.29 Å². The zero-order chi connectivity index (χ0) is 19.8. The predicted molar refractivity (Wildman–Crippen MR) is 107 cm³/mol. The van der Waals surface area contributed by atoms with Gasteiger partial charge >= 0.3 is 7.60 Å². The Balaban J connectivity index is 2.26. The summed E-state index contributed by atoms with van der Waals surface area (Å²) in [6, 6.07) is 15.6. The predicted octanol–water partition coefficient (Wildman–Crippen LogP) is 4.48. The second kappa shape index (κ2) is 7.43. The summed E-state index contributed by atoms with van der Waals surface area (Å²) in [4.78, 5) is 18.7. The third-order valence-corrected chi connectivity index (χ3v) is 6.79. The van der Waals surface area contributed by atoms with Crippen molar-refractivity contribution in [2.24, 2.45) is 0 Å². The van der Waals surface area contributed by atoms with Gasteiger partial charge in [-0.2, -0.15) is 0 Å². The van der Waals surface area contributed by atoms with Crippen LogP contribution in [0.5, 0.6) is 0 Å². The van der Waals surface area contributed by atoms with Crippen LogP contribution < -0.4 is 4.31 Å². The van der Waals surface area contributed by atoms with Gasteiger partial charge in [0.25, 0.3) is 10.0 Å². The largest absolute Gasteiger partial charge is 0.345 e. The number of hydrogen-bond donors (Lipinski definition) is 2. The highest BCUT2D eigenvalue weighted by atomic mass is 35.5. The molecule has 0 saturated heterocycles.